The average Bonchev–Trinajstić information content (AvgIpc) is 3.50. The Morgan fingerprint density at radius 1 is 1.22 bits per heavy atom. The topological polar surface area (TPSA) is 75.6 Å². The van der Waals surface area contributed by atoms with Crippen LogP contribution < -0.4 is 5.32 Å². The summed E-state index contributed by atoms with van der Waals surface area (Å²) < 4.78 is 5.10. The zero-order valence-electron chi connectivity index (χ0n) is 14.6. The first-order valence-electron chi connectivity index (χ1n) is 8.65. The molecule has 1 fully saturated rings. The second-order valence-corrected chi connectivity index (χ2v) is 8.02. The van der Waals surface area contributed by atoms with Crippen LogP contribution in [-0.4, -0.2) is 34.9 Å². The first-order chi connectivity index (χ1) is 13.1. The Morgan fingerprint density at radius 3 is 2.59 bits per heavy atom. The number of rotatable bonds is 8. The number of ketones is 1. The van der Waals surface area contributed by atoms with E-state index in [-0.39, 0.29) is 6.61 Å². The Bertz CT molecular complexity index is 811. The summed E-state index contributed by atoms with van der Waals surface area (Å²) in [6, 6.07) is 13.1. The van der Waals surface area contributed by atoms with E-state index in [1.165, 1.54) is 12.8 Å². The Kier molecular flexibility index (Phi) is 6.77. The SMILES string of the molecule is O=C(N[C@H](CO)C(=O)c1ccc(SC2CC2)c(Cl)c1)OCc1ccccc1. The monoisotopic (exact) mass is 405 g/mol. The molecular weight excluding hydrogens is 386 g/mol. The van der Waals surface area contributed by atoms with E-state index in [0.29, 0.717) is 15.8 Å². The van der Waals surface area contributed by atoms with Crippen molar-refractivity contribution in [2.75, 3.05) is 6.61 Å². The fraction of sp³-hybridized carbons (Fsp3) is 0.300. The number of thioether (sulfide) groups is 1. The Hall–Kier alpha value is -2.02. The van der Waals surface area contributed by atoms with Crippen LogP contribution >= 0.6 is 23.4 Å². The Morgan fingerprint density at radius 2 is 1.96 bits per heavy atom. The molecule has 0 heterocycles. The van der Waals surface area contributed by atoms with E-state index in [1.54, 1.807) is 30.0 Å². The van der Waals surface area contributed by atoms with Crippen molar-refractivity contribution < 1.29 is 19.4 Å². The van der Waals surface area contributed by atoms with Crippen LogP contribution in [0.25, 0.3) is 0 Å². The lowest BCUT2D eigenvalue weighted by Gasteiger charge is -2.16. The molecule has 2 aromatic rings. The Balaban J connectivity index is 1.58. The molecule has 7 heteroatoms. The fourth-order valence-corrected chi connectivity index (χ4v) is 3.78. The number of alkyl carbamates (subject to hydrolysis) is 1. The molecular formula is C20H20ClNO4S. The van der Waals surface area contributed by atoms with E-state index in [0.717, 1.165) is 10.5 Å². The zero-order chi connectivity index (χ0) is 19.2. The normalized spacial score (nSPS) is 14.4. The molecule has 1 amide bonds. The van der Waals surface area contributed by atoms with Crippen molar-refractivity contribution in [1.29, 1.82) is 0 Å². The van der Waals surface area contributed by atoms with Crippen LogP contribution in [0.5, 0.6) is 0 Å². The van der Waals surface area contributed by atoms with Crippen molar-refractivity contribution in [2.45, 2.75) is 35.6 Å². The molecule has 0 saturated heterocycles. The third-order valence-electron chi connectivity index (χ3n) is 4.04. The van der Waals surface area contributed by atoms with Gasteiger partial charge in [0.25, 0.3) is 0 Å². The van der Waals surface area contributed by atoms with Crippen LogP contribution in [0.1, 0.15) is 28.8 Å². The van der Waals surface area contributed by atoms with Crippen molar-refractivity contribution in [3.63, 3.8) is 0 Å². The third kappa shape index (κ3) is 5.73. The molecule has 0 aromatic heterocycles. The van der Waals surface area contributed by atoms with E-state index >= 15 is 0 Å². The molecule has 0 radical (unpaired) electrons. The summed E-state index contributed by atoms with van der Waals surface area (Å²) in [5.41, 5.74) is 1.16. The number of hydrogen-bond acceptors (Lipinski definition) is 5. The quantitative estimate of drug-likeness (QED) is 0.647. The summed E-state index contributed by atoms with van der Waals surface area (Å²) in [4.78, 5) is 25.5. The predicted molar refractivity (Wildman–Crippen MR) is 105 cm³/mol. The fourth-order valence-electron chi connectivity index (χ4n) is 2.42. The number of nitrogens with one attached hydrogen (secondary N) is 1. The number of amides is 1. The maximum atomic E-state index is 12.6. The van der Waals surface area contributed by atoms with Crippen LogP contribution in [0.4, 0.5) is 4.79 Å². The van der Waals surface area contributed by atoms with Gasteiger partial charge in [0.05, 0.1) is 11.6 Å². The lowest BCUT2D eigenvalue weighted by molar-refractivity contribution is 0.0864. The van der Waals surface area contributed by atoms with Gasteiger partial charge in [-0.15, -0.1) is 11.8 Å². The van der Waals surface area contributed by atoms with Crippen LogP contribution in [0.2, 0.25) is 5.02 Å². The average molecular weight is 406 g/mol. The van der Waals surface area contributed by atoms with Crippen LogP contribution in [0, 0.1) is 0 Å². The molecule has 0 bridgehead atoms. The molecule has 3 rings (SSSR count). The van der Waals surface area contributed by atoms with Crippen molar-refractivity contribution in [2.24, 2.45) is 0 Å². The number of Topliss-reactive ketones (excluding diaryl/α,β-unsaturated/α-hetero) is 1. The number of aliphatic hydroxyl groups is 1. The zero-order valence-corrected chi connectivity index (χ0v) is 16.1. The van der Waals surface area contributed by atoms with Gasteiger partial charge < -0.3 is 15.2 Å². The van der Waals surface area contributed by atoms with Gasteiger partial charge in [0, 0.05) is 15.7 Å². The van der Waals surface area contributed by atoms with Crippen molar-refractivity contribution >= 4 is 35.2 Å². The number of benzene rings is 2. The van der Waals surface area contributed by atoms with E-state index in [4.69, 9.17) is 16.3 Å². The molecule has 0 spiro atoms. The first-order valence-corrected chi connectivity index (χ1v) is 9.91. The number of carbonyl (C=O) groups is 2. The number of halogens is 1. The largest absolute Gasteiger partial charge is 0.445 e. The van der Waals surface area contributed by atoms with Gasteiger partial charge in [0.1, 0.15) is 12.6 Å². The van der Waals surface area contributed by atoms with Gasteiger partial charge in [-0.05, 0) is 30.5 Å². The van der Waals surface area contributed by atoms with Crippen LogP contribution in [-0.2, 0) is 11.3 Å². The summed E-state index contributed by atoms with van der Waals surface area (Å²) in [5.74, 6) is -0.418. The maximum Gasteiger partial charge on any atom is 0.408 e. The van der Waals surface area contributed by atoms with Gasteiger partial charge in [-0.2, -0.15) is 0 Å². The molecule has 1 saturated carbocycles. The van der Waals surface area contributed by atoms with Crippen molar-refractivity contribution in [1.82, 2.24) is 5.32 Å². The third-order valence-corrected chi connectivity index (χ3v) is 5.88. The molecule has 142 valence electrons. The number of ether oxygens (including phenoxy) is 1. The molecule has 2 aromatic carbocycles. The minimum atomic E-state index is -1.09. The predicted octanol–water partition coefficient (Wildman–Crippen LogP) is 4.06. The van der Waals surface area contributed by atoms with Gasteiger partial charge in [-0.3, -0.25) is 4.79 Å². The highest BCUT2D eigenvalue weighted by Crippen LogP contribution is 2.42. The van der Waals surface area contributed by atoms with E-state index < -0.39 is 24.5 Å². The highest BCUT2D eigenvalue weighted by atomic mass is 35.5. The smallest absolute Gasteiger partial charge is 0.408 e. The molecule has 0 unspecified atom stereocenters. The maximum absolute atomic E-state index is 12.6. The molecule has 5 nitrogen and oxygen atoms in total. The number of aliphatic hydroxyl groups excluding tert-OH is 1. The number of hydrogen-bond donors (Lipinski definition) is 2. The highest BCUT2D eigenvalue weighted by Gasteiger charge is 2.25. The highest BCUT2D eigenvalue weighted by molar-refractivity contribution is 8.00. The molecule has 0 aliphatic heterocycles. The number of carbonyl (C=O) groups excluding carboxylic acids is 2. The minimum absolute atomic E-state index is 0.0813. The van der Waals surface area contributed by atoms with E-state index in [9.17, 15) is 14.7 Å². The Labute approximate surface area is 167 Å². The lowest BCUT2D eigenvalue weighted by atomic mass is 10.1. The first kappa shape index (κ1) is 19.7. The summed E-state index contributed by atoms with van der Waals surface area (Å²) in [7, 11) is 0. The van der Waals surface area contributed by atoms with Crippen LogP contribution in [0.15, 0.2) is 53.4 Å². The van der Waals surface area contributed by atoms with Gasteiger partial charge in [-0.1, -0.05) is 48.0 Å². The molecule has 1 aliphatic carbocycles. The van der Waals surface area contributed by atoms with Crippen molar-refractivity contribution in [3.8, 4) is 0 Å². The van der Waals surface area contributed by atoms with E-state index in [1.807, 2.05) is 30.3 Å². The summed E-state index contributed by atoms with van der Waals surface area (Å²) >= 11 is 7.97. The lowest BCUT2D eigenvalue weighted by Crippen LogP contribution is -2.43. The molecule has 1 aliphatic rings. The molecule has 27 heavy (non-hydrogen) atoms. The standard InChI is InChI=1S/C20H20ClNO4S/c21-16-10-14(6-9-18(16)27-15-7-8-15)19(24)17(11-23)22-20(25)26-12-13-4-2-1-3-5-13/h1-6,9-10,15,17,23H,7-8,11-12H2,(H,22,25)/t17-/m1/s1. The second-order valence-electron chi connectivity index (χ2n) is 6.27. The van der Waals surface area contributed by atoms with Gasteiger partial charge in [-0.25, -0.2) is 4.79 Å². The minimum Gasteiger partial charge on any atom is -0.445 e. The van der Waals surface area contributed by atoms with Gasteiger partial charge in [0.2, 0.25) is 0 Å². The van der Waals surface area contributed by atoms with Crippen molar-refractivity contribution in [3.05, 3.63) is 64.7 Å². The molecule has 1 atom stereocenters. The van der Waals surface area contributed by atoms with E-state index in [2.05, 4.69) is 5.32 Å². The summed E-state index contributed by atoms with van der Waals surface area (Å²) in [6.45, 7) is -0.451. The van der Waals surface area contributed by atoms with Gasteiger partial charge >= 0.3 is 6.09 Å². The van der Waals surface area contributed by atoms with Crippen LogP contribution in [0.3, 0.4) is 0 Å². The van der Waals surface area contributed by atoms with Gasteiger partial charge in [0.15, 0.2) is 5.78 Å². The second kappa shape index (κ2) is 9.26. The summed E-state index contributed by atoms with van der Waals surface area (Å²) in [5, 5.41) is 13.0. The molecule has 2 N–H and O–H groups in total. The summed E-state index contributed by atoms with van der Waals surface area (Å²) in [6.07, 6.45) is 1.60.